The normalized spacial score (nSPS) is 17.3. The predicted molar refractivity (Wildman–Crippen MR) is 87.3 cm³/mol. The van der Waals surface area contributed by atoms with Crippen LogP contribution in [0.5, 0.6) is 0 Å². The van der Waals surface area contributed by atoms with E-state index in [-0.39, 0.29) is 0 Å². The molecule has 114 valence electrons. The van der Waals surface area contributed by atoms with E-state index in [4.69, 9.17) is 4.74 Å². The summed E-state index contributed by atoms with van der Waals surface area (Å²) in [6, 6.07) is 2.33. The summed E-state index contributed by atoms with van der Waals surface area (Å²) in [5.41, 5.74) is 1.40. The van der Waals surface area contributed by atoms with Gasteiger partial charge in [0, 0.05) is 16.3 Å². The molecule has 0 aliphatic heterocycles. The third-order valence-electron chi connectivity index (χ3n) is 4.07. The molecular formula is C17H29NOS. The molecule has 1 aliphatic carbocycles. The maximum absolute atomic E-state index is 6.16. The lowest BCUT2D eigenvalue weighted by atomic mass is 10.1. The molecule has 1 N–H and O–H groups in total. The molecule has 0 saturated heterocycles. The smallest absolute Gasteiger partial charge is 0.0731 e. The maximum atomic E-state index is 6.16. The lowest BCUT2D eigenvalue weighted by Crippen LogP contribution is -2.13. The number of rotatable bonds is 7. The molecule has 0 bridgehead atoms. The topological polar surface area (TPSA) is 21.3 Å². The lowest BCUT2D eigenvalue weighted by Gasteiger charge is -2.15. The Balaban J connectivity index is 1.79. The molecule has 2 rings (SSSR count). The zero-order chi connectivity index (χ0) is 14.2. The summed E-state index contributed by atoms with van der Waals surface area (Å²) in [6.45, 7) is 7.34. The van der Waals surface area contributed by atoms with Gasteiger partial charge in [-0.3, -0.25) is 0 Å². The van der Waals surface area contributed by atoms with Crippen LogP contribution >= 0.6 is 11.3 Å². The number of ether oxygens (including phenoxy) is 1. The Morgan fingerprint density at radius 2 is 2.00 bits per heavy atom. The quantitative estimate of drug-likeness (QED) is 0.576. The van der Waals surface area contributed by atoms with Crippen LogP contribution in [0.15, 0.2) is 6.07 Å². The van der Waals surface area contributed by atoms with Crippen LogP contribution in [0.25, 0.3) is 0 Å². The molecule has 0 radical (unpaired) electrons. The Morgan fingerprint density at radius 3 is 2.70 bits per heavy atom. The standard InChI is InChI=1S/C17H29NOS/c1-3-10-18-12-17-11-15(14(2)20-17)13-19-16-8-6-4-5-7-9-16/h11,16,18H,3-10,12-13H2,1-2H3. The molecule has 0 spiro atoms. The molecule has 3 heteroatoms. The van der Waals surface area contributed by atoms with Gasteiger partial charge in [0.25, 0.3) is 0 Å². The van der Waals surface area contributed by atoms with Crippen LogP contribution in [0.4, 0.5) is 0 Å². The summed E-state index contributed by atoms with van der Waals surface area (Å²) in [5.74, 6) is 0. The van der Waals surface area contributed by atoms with Crippen LogP contribution in [0.3, 0.4) is 0 Å². The molecule has 1 saturated carbocycles. The fourth-order valence-electron chi connectivity index (χ4n) is 2.82. The largest absolute Gasteiger partial charge is 0.374 e. The van der Waals surface area contributed by atoms with Gasteiger partial charge in [-0.2, -0.15) is 0 Å². The summed E-state index contributed by atoms with van der Waals surface area (Å²) in [5, 5.41) is 3.48. The van der Waals surface area contributed by atoms with Gasteiger partial charge in [-0.05, 0) is 44.4 Å². The van der Waals surface area contributed by atoms with Crippen LogP contribution in [0.2, 0.25) is 0 Å². The third kappa shape index (κ3) is 5.19. The van der Waals surface area contributed by atoms with Gasteiger partial charge in [0.05, 0.1) is 12.7 Å². The Hall–Kier alpha value is -0.380. The molecule has 1 aromatic heterocycles. The number of nitrogens with one attached hydrogen (secondary N) is 1. The van der Waals surface area contributed by atoms with Crippen molar-refractivity contribution in [2.24, 2.45) is 0 Å². The van der Waals surface area contributed by atoms with Gasteiger partial charge in [-0.1, -0.05) is 32.6 Å². The Kier molecular flexibility index (Phi) is 7.05. The van der Waals surface area contributed by atoms with Crippen molar-refractivity contribution in [1.29, 1.82) is 0 Å². The Bertz CT molecular complexity index is 380. The average Bonchev–Trinajstić information content (AvgIpc) is 2.66. The SMILES string of the molecule is CCCNCc1cc(COC2CCCCCC2)c(C)s1. The van der Waals surface area contributed by atoms with Gasteiger partial charge < -0.3 is 10.1 Å². The van der Waals surface area contributed by atoms with Crippen molar-refractivity contribution in [2.75, 3.05) is 6.54 Å². The van der Waals surface area contributed by atoms with Crippen LogP contribution in [0.1, 0.15) is 67.2 Å². The van der Waals surface area contributed by atoms with Crippen molar-refractivity contribution in [1.82, 2.24) is 5.32 Å². The monoisotopic (exact) mass is 295 g/mol. The van der Waals surface area contributed by atoms with Gasteiger partial charge in [-0.15, -0.1) is 11.3 Å². The van der Waals surface area contributed by atoms with Crippen molar-refractivity contribution < 1.29 is 4.74 Å². The number of aryl methyl sites for hydroxylation is 1. The highest BCUT2D eigenvalue weighted by Gasteiger charge is 2.14. The second-order valence-corrected chi connectivity index (χ2v) is 7.24. The van der Waals surface area contributed by atoms with Crippen molar-refractivity contribution >= 4 is 11.3 Å². The predicted octanol–water partition coefficient (Wildman–Crippen LogP) is 4.80. The minimum absolute atomic E-state index is 0.499. The average molecular weight is 295 g/mol. The van der Waals surface area contributed by atoms with Gasteiger partial charge in [-0.25, -0.2) is 0 Å². The molecule has 1 aliphatic rings. The fourth-order valence-corrected chi connectivity index (χ4v) is 3.84. The van der Waals surface area contributed by atoms with Crippen molar-refractivity contribution in [2.45, 2.75) is 78.0 Å². The lowest BCUT2D eigenvalue weighted by molar-refractivity contribution is 0.0309. The zero-order valence-electron chi connectivity index (χ0n) is 13.0. The fraction of sp³-hybridized carbons (Fsp3) is 0.765. The van der Waals surface area contributed by atoms with E-state index in [1.54, 1.807) is 0 Å². The second-order valence-electron chi connectivity index (χ2n) is 5.90. The van der Waals surface area contributed by atoms with Crippen LogP contribution < -0.4 is 5.32 Å². The summed E-state index contributed by atoms with van der Waals surface area (Å²) in [4.78, 5) is 2.86. The molecule has 0 unspecified atom stereocenters. The highest BCUT2D eigenvalue weighted by molar-refractivity contribution is 7.12. The van der Waals surface area contributed by atoms with Crippen LogP contribution in [-0.4, -0.2) is 12.6 Å². The minimum atomic E-state index is 0.499. The molecule has 1 fully saturated rings. The molecular weight excluding hydrogens is 266 g/mol. The first kappa shape index (κ1) is 16.0. The molecule has 0 amide bonds. The highest BCUT2D eigenvalue weighted by Crippen LogP contribution is 2.25. The summed E-state index contributed by atoms with van der Waals surface area (Å²) in [6.07, 6.45) is 9.69. The molecule has 0 aromatic carbocycles. The van der Waals surface area contributed by atoms with Crippen molar-refractivity contribution in [3.05, 3.63) is 21.4 Å². The molecule has 0 atom stereocenters. The van der Waals surface area contributed by atoms with Gasteiger partial charge in [0.2, 0.25) is 0 Å². The third-order valence-corrected chi connectivity index (χ3v) is 5.17. The van der Waals surface area contributed by atoms with Gasteiger partial charge in [0.1, 0.15) is 0 Å². The number of hydrogen-bond donors (Lipinski definition) is 1. The van der Waals surface area contributed by atoms with E-state index in [0.29, 0.717) is 6.10 Å². The van der Waals surface area contributed by atoms with Gasteiger partial charge >= 0.3 is 0 Å². The van der Waals surface area contributed by atoms with E-state index in [0.717, 1.165) is 19.7 Å². The van der Waals surface area contributed by atoms with Crippen molar-refractivity contribution in [3.8, 4) is 0 Å². The minimum Gasteiger partial charge on any atom is -0.374 e. The first-order valence-corrected chi connectivity index (χ1v) is 9.01. The summed E-state index contributed by atoms with van der Waals surface area (Å²) >= 11 is 1.91. The van der Waals surface area contributed by atoms with Gasteiger partial charge in [0.15, 0.2) is 0 Å². The van der Waals surface area contributed by atoms with Crippen LogP contribution in [-0.2, 0) is 17.9 Å². The van der Waals surface area contributed by atoms with Crippen molar-refractivity contribution in [3.63, 3.8) is 0 Å². The van der Waals surface area contributed by atoms with E-state index in [1.165, 1.54) is 60.3 Å². The Labute approximate surface area is 127 Å². The molecule has 2 nitrogen and oxygen atoms in total. The first-order chi connectivity index (χ1) is 9.79. The second kappa shape index (κ2) is 8.81. The summed E-state index contributed by atoms with van der Waals surface area (Å²) in [7, 11) is 0. The number of hydrogen-bond acceptors (Lipinski definition) is 3. The van der Waals surface area contributed by atoms with E-state index in [2.05, 4.69) is 25.2 Å². The Morgan fingerprint density at radius 1 is 1.25 bits per heavy atom. The zero-order valence-corrected chi connectivity index (χ0v) is 13.9. The van der Waals surface area contributed by atoms with Crippen LogP contribution in [0, 0.1) is 6.92 Å². The van der Waals surface area contributed by atoms with E-state index >= 15 is 0 Å². The number of thiophene rings is 1. The molecule has 1 heterocycles. The maximum Gasteiger partial charge on any atom is 0.0731 e. The van der Waals surface area contributed by atoms with E-state index in [9.17, 15) is 0 Å². The van der Waals surface area contributed by atoms with E-state index < -0.39 is 0 Å². The first-order valence-electron chi connectivity index (χ1n) is 8.20. The van der Waals surface area contributed by atoms with E-state index in [1.807, 2.05) is 11.3 Å². The summed E-state index contributed by atoms with van der Waals surface area (Å²) < 4.78 is 6.16. The molecule has 20 heavy (non-hydrogen) atoms. The molecule has 1 aromatic rings. The highest BCUT2D eigenvalue weighted by atomic mass is 32.1.